The number of aliphatic hydroxyl groups excluding tert-OH is 1. The van der Waals surface area contributed by atoms with E-state index < -0.39 is 12.1 Å². The van der Waals surface area contributed by atoms with Crippen LogP contribution in [0.3, 0.4) is 0 Å². The Morgan fingerprint density at radius 1 is 1.56 bits per heavy atom. The zero-order valence-electron chi connectivity index (χ0n) is 10.7. The van der Waals surface area contributed by atoms with E-state index in [0.29, 0.717) is 5.56 Å². The van der Waals surface area contributed by atoms with Gasteiger partial charge in [-0.05, 0) is 19.9 Å². The second-order valence-corrected chi connectivity index (χ2v) is 4.10. The number of benzene rings is 1. The molecule has 1 aromatic heterocycles. The highest BCUT2D eigenvalue weighted by Crippen LogP contribution is 2.27. The quantitative estimate of drug-likeness (QED) is 0.836. The molecule has 1 unspecified atom stereocenters. The monoisotopic (exact) mass is 248 g/mol. The van der Waals surface area contributed by atoms with Gasteiger partial charge in [0.05, 0.1) is 17.8 Å². The van der Waals surface area contributed by atoms with Crippen molar-refractivity contribution in [3.8, 4) is 0 Å². The van der Waals surface area contributed by atoms with E-state index in [1.807, 2.05) is 20.0 Å². The van der Waals surface area contributed by atoms with E-state index in [1.165, 1.54) is 0 Å². The first kappa shape index (κ1) is 12.6. The second-order valence-electron chi connectivity index (χ2n) is 4.10. The van der Waals surface area contributed by atoms with Crippen LogP contribution in [0.1, 0.15) is 24.3 Å². The fourth-order valence-electron chi connectivity index (χ4n) is 2.13. The van der Waals surface area contributed by atoms with Gasteiger partial charge in [0.2, 0.25) is 0 Å². The fourth-order valence-corrected chi connectivity index (χ4v) is 2.13. The van der Waals surface area contributed by atoms with E-state index in [4.69, 9.17) is 4.74 Å². The van der Waals surface area contributed by atoms with Crippen LogP contribution >= 0.6 is 0 Å². The van der Waals surface area contributed by atoms with Gasteiger partial charge in [-0.15, -0.1) is 0 Å². The van der Waals surface area contributed by atoms with Gasteiger partial charge in [-0.3, -0.25) is 4.68 Å². The number of esters is 1. The maximum absolute atomic E-state index is 11.6. The number of carbonyl (C=O) groups excluding carboxylic acids is 1. The lowest BCUT2D eigenvalue weighted by Crippen LogP contribution is -2.15. The molecule has 0 saturated carbocycles. The summed E-state index contributed by atoms with van der Waals surface area (Å²) in [7, 11) is 1.83. The van der Waals surface area contributed by atoms with Crippen LogP contribution in [0.4, 0.5) is 0 Å². The molecule has 0 fully saturated rings. The zero-order chi connectivity index (χ0) is 13.3. The number of aromatic nitrogens is 2. The fraction of sp³-hybridized carbons (Fsp3) is 0.385. The number of carbonyl (C=O) groups is 1. The summed E-state index contributed by atoms with van der Waals surface area (Å²) < 4.78 is 6.57. The minimum atomic E-state index is -1.27. The largest absolute Gasteiger partial charge is 0.464 e. The Hall–Kier alpha value is -1.88. The van der Waals surface area contributed by atoms with Crippen molar-refractivity contribution >= 4 is 16.9 Å². The topological polar surface area (TPSA) is 64.3 Å². The van der Waals surface area contributed by atoms with Crippen molar-refractivity contribution in [2.24, 2.45) is 7.05 Å². The molecule has 0 aliphatic carbocycles. The smallest absolute Gasteiger partial charge is 0.339 e. The first-order valence-corrected chi connectivity index (χ1v) is 5.83. The highest BCUT2D eigenvalue weighted by molar-refractivity contribution is 5.90. The highest BCUT2D eigenvalue weighted by Gasteiger charge is 2.22. The van der Waals surface area contributed by atoms with Crippen LogP contribution in [0.15, 0.2) is 18.2 Å². The van der Waals surface area contributed by atoms with Crippen molar-refractivity contribution < 1.29 is 14.6 Å². The summed E-state index contributed by atoms with van der Waals surface area (Å²) in [6, 6.07) is 5.41. The maximum Gasteiger partial charge on any atom is 0.339 e. The van der Waals surface area contributed by atoms with E-state index in [1.54, 1.807) is 23.7 Å². The lowest BCUT2D eigenvalue weighted by Gasteiger charge is -2.11. The Labute approximate surface area is 105 Å². The summed E-state index contributed by atoms with van der Waals surface area (Å²) in [6.07, 6.45) is -1.27. The van der Waals surface area contributed by atoms with Crippen LogP contribution in [-0.4, -0.2) is 27.5 Å². The van der Waals surface area contributed by atoms with Crippen molar-refractivity contribution in [3.05, 3.63) is 29.5 Å². The van der Waals surface area contributed by atoms with Gasteiger partial charge in [-0.25, -0.2) is 4.79 Å². The molecule has 0 saturated heterocycles. The van der Waals surface area contributed by atoms with Gasteiger partial charge >= 0.3 is 5.97 Å². The number of rotatable bonds is 3. The number of nitrogens with zero attached hydrogens (tertiary/aromatic N) is 2. The van der Waals surface area contributed by atoms with Crippen LogP contribution in [0.5, 0.6) is 0 Å². The van der Waals surface area contributed by atoms with Crippen LogP contribution in [0, 0.1) is 6.92 Å². The summed E-state index contributed by atoms with van der Waals surface area (Å²) in [6.45, 7) is 3.81. The van der Waals surface area contributed by atoms with Crippen molar-refractivity contribution in [2.75, 3.05) is 6.61 Å². The predicted octanol–water partition coefficient (Wildman–Crippen LogP) is 1.48. The third-order valence-corrected chi connectivity index (χ3v) is 2.89. The van der Waals surface area contributed by atoms with Gasteiger partial charge in [0.25, 0.3) is 0 Å². The molecule has 1 aromatic carbocycles. The summed E-state index contributed by atoms with van der Waals surface area (Å²) in [5.74, 6) is -0.631. The maximum atomic E-state index is 11.6. The Balaban J connectivity index is 2.54. The molecular formula is C13H16N2O3. The van der Waals surface area contributed by atoms with Crippen LogP contribution in [0.2, 0.25) is 0 Å². The third kappa shape index (κ3) is 1.97. The summed E-state index contributed by atoms with van der Waals surface area (Å²) in [5.41, 5.74) is 2.20. The second kappa shape index (κ2) is 4.78. The molecule has 1 atom stereocenters. The highest BCUT2D eigenvalue weighted by atomic mass is 16.5. The summed E-state index contributed by atoms with van der Waals surface area (Å²) in [4.78, 5) is 11.6. The van der Waals surface area contributed by atoms with Crippen molar-refractivity contribution in [1.29, 1.82) is 0 Å². The van der Waals surface area contributed by atoms with Crippen molar-refractivity contribution in [1.82, 2.24) is 9.78 Å². The van der Waals surface area contributed by atoms with E-state index >= 15 is 0 Å². The molecule has 0 aliphatic rings. The number of fused-ring (bicyclic) bond motifs is 1. The molecule has 0 amide bonds. The van der Waals surface area contributed by atoms with Gasteiger partial charge in [0.15, 0.2) is 6.10 Å². The molecule has 2 aromatic rings. The summed E-state index contributed by atoms with van der Waals surface area (Å²) in [5, 5.41) is 15.1. The molecule has 0 aliphatic heterocycles. The SMILES string of the molecule is CCOC(=O)C(O)c1cccc2c1c(C)nn2C. The number of ether oxygens (including phenoxy) is 1. The van der Waals surface area contributed by atoms with Gasteiger partial charge in [0, 0.05) is 18.0 Å². The van der Waals surface area contributed by atoms with Gasteiger partial charge in [-0.2, -0.15) is 5.10 Å². The molecule has 0 spiro atoms. The number of aryl methyl sites for hydroxylation is 2. The van der Waals surface area contributed by atoms with Crippen LogP contribution < -0.4 is 0 Å². The van der Waals surface area contributed by atoms with Gasteiger partial charge < -0.3 is 9.84 Å². The zero-order valence-corrected chi connectivity index (χ0v) is 10.7. The molecule has 5 nitrogen and oxygen atoms in total. The molecule has 2 rings (SSSR count). The molecule has 1 N–H and O–H groups in total. The lowest BCUT2D eigenvalue weighted by atomic mass is 10.0. The van der Waals surface area contributed by atoms with Crippen molar-refractivity contribution in [3.63, 3.8) is 0 Å². The number of aliphatic hydroxyl groups is 1. The molecule has 96 valence electrons. The Kier molecular flexibility index (Phi) is 3.34. The Bertz CT molecular complexity index is 589. The average Bonchev–Trinajstić information content (AvgIpc) is 2.65. The number of hydrogen-bond donors (Lipinski definition) is 1. The lowest BCUT2D eigenvalue weighted by molar-refractivity contribution is -0.153. The van der Waals surface area contributed by atoms with E-state index in [9.17, 15) is 9.90 Å². The van der Waals surface area contributed by atoms with Crippen molar-refractivity contribution in [2.45, 2.75) is 20.0 Å². The third-order valence-electron chi connectivity index (χ3n) is 2.89. The van der Waals surface area contributed by atoms with Gasteiger partial charge in [0.1, 0.15) is 0 Å². The average molecular weight is 248 g/mol. The van der Waals surface area contributed by atoms with E-state index in [2.05, 4.69) is 5.10 Å². The Morgan fingerprint density at radius 3 is 2.94 bits per heavy atom. The van der Waals surface area contributed by atoms with E-state index in [0.717, 1.165) is 16.6 Å². The first-order chi connectivity index (χ1) is 8.56. The summed E-state index contributed by atoms with van der Waals surface area (Å²) >= 11 is 0. The minimum absolute atomic E-state index is 0.248. The number of hydrogen-bond acceptors (Lipinski definition) is 4. The minimum Gasteiger partial charge on any atom is -0.464 e. The van der Waals surface area contributed by atoms with E-state index in [-0.39, 0.29) is 6.61 Å². The van der Waals surface area contributed by atoms with Crippen LogP contribution in [0.25, 0.3) is 10.9 Å². The molecule has 18 heavy (non-hydrogen) atoms. The molecule has 0 bridgehead atoms. The molecular weight excluding hydrogens is 232 g/mol. The van der Waals surface area contributed by atoms with Gasteiger partial charge in [-0.1, -0.05) is 12.1 Å². The first-order valence-electron chi connectivity index (χ1n) is 5.83. The molecule has 0 radical (unpaired) electrons. The van der Waals surface area contributed by atoms with Crippen LogP contribution in [-0.2, 0) is 16.6 Å². The molecule has 5 heteroatoms. The predicted molar refractivity (Wildman–Crippen MR) is 67.0 cm³/mol. The normalized spacial score (nSPS) is 12.7. The molecule has 1 heterocycles. The standard InChI is InChI=1S/C13H16N2O3/c1-4-18-13(17)12(16)9-6-5-7-10-11(9)8(2)14-15(10)3/h5-7,12,16H,4H2,1-3H3. The Morgan fingerprint density at radius 2 is 2.28 bits per heavy atom.